The highest BCUT2D eigenvalue weighted by Crippen LogP contribution is 2.08. The number of nitrogens with one attached hydrogen (secondary N) is 1. The third-order valence-electron chi connectivity index (χ3n) is 3.87. The zero-order valence-corrected chi connectivity index (χ0v) is 16.0. The summed E-state index contributed by atoms with van der Waals surface area (Å²) >= 11 is 0. The van der Waals surface area contributed by atoms with E-state index < -0.39 is 18.6 Å². The van der Waals surface area contributed by atoms with Crippen LogP contribution in [0.3, 0.4) is 0 Å². The van der Waals surface area contributed by atoms with Gasteiger partial charge < -0.3 is 15.5 Å². The van der Waals surface area contributed by atoms with Crippen molar-refractivity contribution in [2.75, 3.05) is 6.61 Å². The van der Waals surface area contributed by atoms with Crippen molar-refractivity contribution in [1.29, 1.82) is 0 Å². The first kappa shape index (κ1) is 24.1. The molecular formula is C21H35NO4. The van der Waals surface area contributed by atoms with E-state index in [0.29, 0.717) is 6.42 Å². The van der Waals surface area contributed by atoms with Gasteiger partial charge in [-0.1, -0.05) is 62.6 Å². The first-order chi connectivity index (χ1) is 12.6. The Balaban J connectivity index is 3.48. The molecule has 0 saturated carbocycles. The number of unbranched alkanes of at least 4 members (excludes halogenated alkanes) is 5. The number of amides is 1. The minimum Gasteiger partial charge on any atom is -0.480 e. The summed E-state index contributed by atoms with van der Waals surface area (Å²) in [5.74, 6) is -1.52. The topological polar surface area (TPSA) is 86.6 Å². The number of carbonyl (C=O) groups excluding carboxylic acids is 1. The van der Waals surface area contributed by atoms with Crippen LogP contribution in [0, 0.1) is 0 Å². The average Bonchev–Trinajstić information content (AvgIpc) is 2.62. The van der Waals surface area contributed by atoms with Gasteiger partial charge >= 0.3 is 5.97 Å². The lowest BCUT2D eigenvalue weighted by atomic mass is 10.1. The van der Waals surface area contributed by atoms with Crippen molar-refractivity contribution in [3.05, 3.63) is 36.5 Å². The Morgan fingerprint density at radius 1 is 0.885 bits per heavy atom. The van der Waals surface area contributed by atoms with E-state index in [1.54, 1.807) is 0 Å². The van der Waals surface area contributed by atoms with Crippen molar-refractivity contribution >= 4 is 11.9 Å². The van der Waals surface area contributed by atoms with E-state index in [9.17, 15) is 9.59 Å². The molecule has 0 heterocycles. The lowest BCUT2D eigenvalue weighted by Crippen LogP contribution is -2.43. The molecule has 0 spiro atoms. The van der Waals surface area contributed by atoms with Gasteiger partial charge in [-0.05, 0) is 38.5 Å². The minimum atomic E-state index is -1.21. The fourth-order valence-corrected chi connectivity index (χ4v) is 2.36. The predicted molar refractivity (Wildman–Crippen MR) is 106 cm³/mol. The average molecular weight is 366 g/mol. The van der Waals surface area contributed by atoms with Gasteiger partial charge in [0, 0.05) is 6.42 Å². The summed E-state index contributed by atoms with van der Waals surface area (Å²) in [6.07, 6.45) is 22.7. The molecule has 0 aliphatic heterocycles. The number of hydrogen-bond donors (Lipinski definition) is 3. The number of hydrogen-bond acceptors (Lipinski definition) is 3. The first-order valence-electron chi connectivity index (χ1n) is 9.69. The van der Waals surface area contributed by atoms with Crippen molar-refractivity contribution in [2.45, 2.75) is 77.2 Å². The Labute approximate surface area is 157 Å². The summed E-state index contributed by atoms with van der Waals surface area (Å²) in [6.45, 7) is 1.55. The number of rotatable bonds is 16. The van der Waals surface area contributed by atoms with Crippen molar-refractivity contribution < 1.29 is 19.8 Å². The minimum absolute atomic E-state index is 0.309. The van der Waals surface area contributed by atoms with Gasteiger partial charge in [-0.25, -0.2) is 4.79 Å². The molecule has 5 nitrogen and oxygen atoms in total. The maximum absolute atomic E-state index is 11.5. The molecule has 0 aromatic carbocycles. The highest BCUT2D eigenvalue weighted by molar-refractivity contribution is 5.83. The molecule has 5 heteroatoms. The zero-order valence-electron chi connectivity index (χ0n) is 16.0. The second-order valence-electron chi connectivity index (χ2n) is 6.24. The maximum atomic E-state index is 11.5. The molecule has 148 valence electrons. The number of carboxylic acids is 1. The van der Waals surface area contributed by atoms with Crippen LogP contribution in [0.25, 0.3) is 0 Å². The maximum Gasteiger partial charge on any atom is 0.328 e. The monoisotopic (exact) mass is 365 g/mol. The molecule has 0 fully saturated rings. The Morgan fingerprint density at radius 2 is 1.46 bits per heavy atom. The van der Waals surface area contributed by atoms with Gasteiger partial charge in [0.05, 0.1) is 6.61 Å². The molecule has 0 rings (SSSR count). The van der Waals surface area contributed by atoms with Gasteiger partial charge in [-0.3, -0.25) is 4.79 Å². The van der Waals surface area contributed by atoms with Crippen LogP contribution in [-0.4, -0.2) is 34.7 Å². The number of aliphatic hydroxyl groups is 1. The normalized spacial score (nSPS) is 13.0. The van der Waals surface area contributed by atoms with E-state index in [1.165, 1.54) is 0 Å². The highest BCUT2D eigenvalue weighted by Gasteiger charge is 2.17. The third-order valence-corrected chi connectivity index (χ3v) is 3.87. The van der Waals surface area contributed by atoms with Crippen molar-refractivity contribution in [3.8, 4) is 0 Å². The molecule has 1 atom stereocenters. The molecule has 0 radical (unpaired) electrons. The summed E-state index contributed by atoms with van der Waals surface area (Å²) in [5, 5.41) is 19.9. The molecule has 0 unspecified atom stereocenters. The van der Waals surface area contributed by atoms with E-state index in [-0.39, 0.29) is 5.91 Å². The van der Waals surface area contributed by atoms with Crippen LogP contribution in [0.1, 0.15) is 71.1 Å². The summed E-state index contributed by atoms with van der Waals surface area (Å²) in [7, 11) is 0. The standard InChI is InChI=1S/C21H35NO4/c1-2-3-4-5-6-7-8-9-10-11-12-13-14-15-16-17-20(24)22-19(18-23)21(25)26/h3-4,6-7,9-10,19,23H,2,5,8,11-18H2,1H3,(H,22,24)(H,25,26)/t19-/m1/s1. The van der Waals surface area contributed by atoms with Crippen LogP contribution in [0.2, 0.25) is 0 Å². The summed E-state index contributed by atoms with van der Waals surface area (Å²) < 4.78 is 0. The summed E-state index contributed by atoms with van der Waals surface area (Å²) in [4.78, 5) is 22.2. The van der Waals surface area contributed by atoms with E-state index in [4.69, 9.17) is 10.2 Å². The molecule has 26 heavy (non-hydrogen) atoms. The van der Waals surface area contributed by atoms with E-state index in [1.807, 2.05) is 0 Å². The number of aliphatic carboxylic acids is 1. The summed E-state index contributed by atoms with van der Waals surface area (Å²) in [6, 6.07) is -1.20. The van der Waals surface area contributed by atoms with Crippen LogP contribution < -0.4 is 5.32 Å². The Kier molecular flexibility index (Phi) is 16.6. The Hall–Kier alpha value is -1.88. The molecule has 3 N–H and O–H groups in total. The van der Waals surface area contributed by atoms with Gasteiger partial charge in [0.1, 0.15) is 6.04 Å². The van der Waals surface area contributed by atoms with Crippen molar-refractivity contribution in [2.24, 2.45) is 0 Å². The molecular weight excluding hydrogens is 330 g/mol. The second-order valence-corrected chi connectivity index (χ2v) is 6.24. The fourth-order valence-electron chi connectivity index (χ4n) is 2.36. The van der Waals surface area contributed by atoms with E-state index in [2.05, 4.69) is 48.7 Å². The molecule has 0 aliphatic carbocycles. The van der Waals surface area contributed by atoms with Crippen molar-refractivity contribution in [1.82, 2.24) is 5.32 Å². The van der Waals surface area contributed by atoms with E-state index in [0.717, 1.165) is 57.8 Å². The molecule has 1 amide bonds. The Bertz CT molecular complexity index is 455. The van der Waals surface area contributed by atoms with Gasteiger partial charge in [0.15, 0.2) is 0 Å². The second kappa shape index (κ2) is 17.9. The van der Waals surface area contributed by atoms with Crippen LogP contribution >= 0.6 is 0 Å². The third kappa shape index (κ3) is 15.6. The molecule has 0 bridgehead atoms. The summed E-state index contributed by atoms with van der Waals surface area (Å²) in [5.41, 5.74) is 0. The number of allylic oxidation sites excluding steroid dienone is 6. The number of carbonyl (C=O) groups is 2. The molecule has 0 aromatic rings. The van der Waals surface area contributed by atoms with Gasteiger partial charge in [-0.2, -0.15) is 0 Å². The fraction of sp³-hybridized carbons (Fsp3) is 0.619. The van der Waals surface area contributed by atoms with Crippen molar-refractivity contribution in [3.63, 3.8) is 0 Å². The van der Waals surface area contributed by atoms with Gasteiger partial charge in [0.25, 0.3) is 0 Å². The quantitative estimate of drug-likeness (QED) is 0.283. The molecule has 0 aromatic heterocycles. The zero-order chi connectivity index (χ0) is 19.5. The highest BCUT2D eigenvalue weighted by atomic mass is 16.4. The van der Waals surface area contributed by atoms with Crippen LogP contribution in [0.4, 0.5) is 0 Å². The van der Waals surface area contributed by atoms with E-state index >= 15 is 0 Å². The smallest absolute Gasteiger partial charge is 0.328 e. The van der Waals surface area contributed by atoms with Crippen LogP contribution in [-0.2, 0) is 9.59 Å². The first-order valence-corrected chi connectivity index (χ1v) is 9.69. The number of carboxylic acid groups (broad SMARTS) is 1. The van der Waals surface area contributed by atoms with Gasteiger partial charge in [0.2, 0.25) is 5.91 Å². The largest absolute Gasteiger partial charge is 0.480 e. The SMILES string of the molecule is CCC=CCC=CCC=CCCCCCCCC(=O)N[C@H](CO)C(=O)O. The lowest BCUT2D eigenvalue weighted by Gasteiger charge is -2.11. The lowest BCUT2D eigenvalue weighted by molar-refractivity contribution is -0.142. The Morgan fingerprint density at radius 3 is 2.08 bits per heavy atom. The van der Waals surface area contributed by atoms with Crippen LogP contribution in [0.5, 0.6) is 0 Å². The predicted octanol–water partition coefficient (Wildman–Crippen LogP) is 4.14. The van der Waals surface area contributed by atoms with Crippen LogP contribution in [0.15, 0.2) is 36.5 Å². The number of aliphatic hydroxyl groups excluding tert-OH is 1. The molecule has 0 aliphatic rings. The van der Waals surface area contributed by atoms with Gasteiger partial charge in [-0.15, -0.1) is 0 Å². The molecule has 0 saturated heterocycles.